The number of amides is 1. The van der Waals surface area contributed by atoms with Crippen LogP contribution in [0, 0.1) is 0 Å². The fraction of sp³-hybridized carbons (Fsp3) is 0.421. The minimum atomic E-state index is 0.125. The quantitative estimate of drug-likeness (QED) is 0.917. The molecule has 4 heteroatoms. The highest BCUT2D eigenvalue weighted by molar-refractivity contribution is 5.89. The summed E-state index contributed by atoms with van der Waals surface area (Å²) in [4.78, 5) is 11.5. The molecule has 0 aliphatic heterocycles. The van der Waals surface area contributed by atoms with Crippen molar-refractivity contribution in [2.24, 2.45) is 0 Å². The molecule has 3 rings (SSSR count). The first-order valence-electron chi connectivity index (χ1n) is 8.10. The zero-order chi connectivity index (χ0) is 16.4. The first-order valence-corrected chi connectivity index (χ1v) is 8.10. The van der Waals surface area contributed by atoms with Gasteiger partial charge >= 0.3 is 0 Å². The number of rotatable bonds is 5. The van der Waals surface area contributed by atoms with Crippen molar-refractivity contribution in [3.8, 4) is 11.5 Å². The lowest BCUT2D eigenvalue weighted by Gasteiger charge is -2.37. The Morgan fingerprint density at radius 3 is 2.57 bits per heavy atom. The highest BCUT2D eigenvalue weighted by Gasteiger charge is 2.34. The molecule has 4 nitrogen and oxygen atoms in total. The number of ether oxygens (including phenoxy) is 2. The van der Waals surface area contributed by atoms with Gasteiger partial charge in [0.25, 0.3) is 0 Å². The second-order valence-electron chi connectivity index (χ2n) is 6.05. The molecule has 0 heterocycles. The van der Waals surface area contributed by atoms with Crippen molar-refractivity contribution in [2.45, 2.75) is 38.1 Å². The van der Waals surface area contributed by atoms with Crippen LogP contribution >= 0.6 is 0 Å². The third-order valence-corrected chi connectivity index (χ3v) is 4.68. The first kappa shape index (κ1) is 15.7. The van der Waals surface area contributed by atoms with Gasteiger partial charge in [-0.15, -0.1) is 0 Å². The van der Waals surface area contributed by atoms with E-state index in [1.807, 2.05) is 19.1 Å². The predicted molar refractivity (Wildman–Crippen MR) is 91.2 cm³/mol. The van der Waals surface area contributed by atoms with E-state index in [1.165, 1.54) is 16.3 Å². The molecule has 1 aliphatic rings. The maximum absolute atomic E-state index is 11.5. The molecule has 0 saturated heterocycles. The van der Waals surface area contributed by atoms with Gasteiger partial charge in [-0.1, -0.05) is 19.1 Å². The van der Waals surface area contributed by atoms with Gasteiger partial charge < -0.3 is 14.8 Å². The van der Waals surface area contributed by atoms with Crippen LogP contribution in [0.15, 0.2) is 30.3 Å². The van der Waals surface area contributed by atoms with Crippen molar-refractivity contribution in [2.75, 3.05) is 14.2 Å². The summed E-state index contributed by atoms with van der Waals surface area (Å²) >= 11 is 0. The van der Waals surface area contributed by atoms with Gasteiger partial charge in [0, 0.05) is 18.0 Å². The molecule has 0 aromatic heterocycles. The Morgan fingerprint density at radius 1 is 1.17 bits per heavy atom. The van der Waals surface area contributed by atoms with Crippen LogP contribution in [0.1, 0.15) is 37.7 Å². The van der Waals surface area contributed by atoms with Crippen LogP contribution in [0.25, 0.3) is 10.8 Å². The summed E-state index contributed by atoms with van der Waals surface area (Å²) in [6, 6.07) is 10.5. The summed E-state index contributed by atoms with van der Waals surface area (Å²) in [7, 11) is 3.39. The van der Waals surface area contributed by atoms with E-state index in [0.29, 0.717) is 12.3 Å². The van der Waals surface area contributed by atoms with Crippen LogP contribution in [0.3, 0.4) is 0 Å². The van der Waals surface area contributed by atoms with Gasteiger partial charge in [-0.25, -0.2) is 0 Å². The summed E-state index contributed by atoms with van der Waals surface area (Å²) in [6.07, 6.45) is 2.45. The summed E-state index contributed by atoms with van der Waals surface area (Å²) in [5.74, 6) is 2.29. The number of carbonyl (C=O) groups excluding carboxylic acids is 1. The predicted octanol–water partition coefficient (Wildman–Crippen LogP) is 3.63. The van der Waals surface area contributed by atoms with E-state index >= 15 is 0 Å². The number of nitrogens with one attached hydrogen (secondary N) is 1. The lowest BCUT2D eigenvalue weighted by molar-refractivity contribution is -0.122. The Labute approximate surface area is 136 Å². The smallest absolute Gasteiger partial charge is 0.219 e. The number of hydrogen-bond acceptors (Lipinski definition) is 3. The van der Waals surface area contributed by atoms with Crippen molar-refractivity contribution in [3.63, 3.8) is 0 Å². The molecule has 1 amide bonds. The normalized spacial score (nSPS) is 20.0. The van der Waals surface area contributed by atoms with Gasteiger partial charge in [-0.05, 0) is 47.7 Å². The SMILES string of the molecule is CCC(=O)NC1CC(c2c(OC)ccc3ccc(OC)cc23)C1. The van der Waals surface area contributed by atoms with E-state index in [-0.39, 0.29) is 11.9 Å². The average Bonchev–Trinajstić information content (AvgIpc) is 2.56. The topological polar surface area (TPSA) is 47.6 Å². The minimum Gasteiger partial charge on any atom is -0.497 e. The van der Waals surface area contributed by atoms with Crippen molar-refractivity contribution in [3.05, 3.63) is 35.9 Å². The minimum absolute atomic E-state index is 0.125. The molecular weight excluding hydrogens is 290 g/mol. The lowest BCUT2D eigenvalue weighted by Crippen LogP contribution is -2.43. The van der Waals surface area contributed by atoms with Crippen LogP contribution in [0.4, 0.5) is 0 Å². The van der Waals surface area contributed by atoms with Gasteiger partial charge in [0.15, 0.2) is 0 Å². The Kier molecular flexibility index (Phi) is 4.42. The van der Waals surface area contributed by atoms with E-state index < -0.39 is 0 Å². The molecule has 1 fully saturated rings. The number of benzene rings is 2. The molecule has 0 bridgehead atoms. The zero-order valence-electron chi connectivity index (χ0n) is 13.9. The molecule has 0 spiro atoms. The Hall–Kier alpha value is -2.23. The Morgan fingerprint density at radius 2 is 1.91 bits per heavy atom. The summed E-state index contributed by atoms with van der Waals surface area (Å²) < 4.78 is 11.0. The fourth-order valence-electron chi connectivity index (χ4n) is 3.33. The van der Waals surface area contributed by atoms with Crippen LogP contribution in [0.5, 0.6) is 11.5 Å². The average molecular weight is 313 g/mol. The maximum atomic E-state index is 11.5. The van der Waals surface area contributed by atoms with Crippen molar-refractivity contribution in [1.29, 1.82) is 0 Å². The molecule has 2 aromatic carbocycles. The van der Waals surface area contributed by atoms with Crippen molar-refractivity contribution in [1.82, 2.24) is 5.32 Å². The van der Waals surface area contributed by atoms with Gasteiger partial charge in [0.2, 0.25) is 5.91 Å². The summed E-state index contributed by atoms with van der Waals surface area (Å²) in [5, 5.41) is 5.43. The molecule has 23 heavy (non-hydrogen) atoms. The van der Waals surface area contributed by atoms with Crippen molar-refractivity contribution < 1.29 is 14.3 Å². The van der Waals surface area contributed by atoms with E-state index in [4.69, 9.17) is 9.47 Å². The molecule has 2 aromatic rings. The highest BCUT2D eigenvalue weighted by atomic mass is 16.5. The van der Waals surface area contributed by atoms with E-state index in [9.17, 15) is 4.79 Å². The lowest BCUT2D eigenvalue weighted by atomic mass is 9.74. The second kappa shape index (κ2) is 6.49. The van der Waals surface area contributed by atoms with E-state index in [0.717, 1.165) is 24.3 Å². The first-order chi connectivity index (χ1) is 11.2. The monoisotopic (exact) mass is 313 g/mol. The third-order valence-electron chi connectivity index (χ3n) is 4.68. The maximum Gasteiger partial charge on any atom is 0.219 e. The Bertz CT molecular complexity index is 715. The summed E-state index contributed by atoms with van der Waals surface area (Å²) in [6.45, 7) is 1.88. The molecular formula is C19H23NO3. The van der Waals surface area contributed by atoms with Gasteiger partial charge in [0.1, 0.15) is 11.5 Å². The number of carbonyl (C=O) groups is 1. The molecule has 0 atom stereocenters. The van der Waals surface area contributed by atoms with Crippen LogP contribution in [-0.2, 0) is 4.79 Å². The molecule has 1 saturated carbocycles. The van der Waals surface area contributed by atoms with Gasteiger partial charge in [-0.2, -0.15) is 0 Å². The Balaban J connectivity index is 1.91. The van der Waals surface area contributed by atoms with E-state index in [2.05, 4.69) is 23.5 Å². The van der Waals surface area contributed by atoms with Crippen molar-refractivity contribution >= 4 is 16.7 Å². The zero-order valence-corrected chi connectivity index (χ0v) is 13.9. The molecule has 1 aliphatic carbocycles. The van der Waals surface area contributed by atoms with Crippen LogP contribution < -0.4 is 14.8 Å². The largest absolute Gasteiger partial charge is 0.497 e. The highest BCUT2D eigenvalue weighted by Crippen LogP contribution is 2.45. The molecule has 0 unspecified atom stereocenters. The number of hydrogen-bond donors (Lipinski definition) is 1. The van der Waals surface area contributed by atoms with Gasteiger partial charge in [0.05, 0.1) is 14.2 Å². The fourth-order valence-corrected chi connectivity index (χ4v) is 3.33. The number of fused-ring (bicyclic) bond motifs is 1. The number of methoxy groups -OCH3 is 2. The molecule has 1 N–H and O–H groups in total. The standard InChI is InChI=1S/C19H23NO3/c1-4-18(21)20-14-9-13(10-14)19-16-11-15(22-2)7-5-12(16)6-8-17(19)23-3/h5-8,11,13-14H,4,9-10H2,1-3H3,(H,20,21). The molecule has 0 radical (unpaired) electrons. The second-order valence-corrected chi connectivity index (χ2v) is 6.05. The van der Waals surface area contributed by atoms with Gasteiger partial charge in [-0.3, -0.25) is 4.79 Å². The van der Waals surface area contributed by atoms with Crippen LogP contribution in [-0.4, -0.2) is 26.2 Å². The third kappa shape index (κ3) is 2.98. The summed E-state index contributed by atoms with van der Waals surface area (Å²) in [5.41, 5.74) is 1.23. The molecule has 122 valence electrons. The van der Waals surface area contributed by atoms with E-state index in [1.54, 1.807) is 14.2 Å². The van der Waals surface area contributed by atoms with Crippen LogP contribution in [0.2, 0.25) is 0 Å².